The second kappa shape index (κ2) is 10.1. The number of allylic oxidation sites excluding steroid dienone is 3. The first kappa shape index (κ1) is 19.4. The van der Waals surface area contributed by atoms with Gasteiger partial charge < -0.3 is 4.74 Å². The quantitative estimate of drug-likeness (QED) is 0.509. The minimum Gasteiger partial charge on any atom is -0.374 e. The minimum absolute atomic E-state index is 0.126. The van der Waals surface area contributed by atoms with Gasteiger partial charge in [0.05, 0.1) is 12.7 Å². The summed E-state index contributed by atoms with van der Waals surface area (Å²) in [7, 11) is 0. The molecule has 0 unspecified atom stereocenters. The van der Waals surface area contributed by atoms with Gasteiger partial charge in [0.15, 0.2) is 0 Å². The topological polar surface area (TPSA) is 9.23 Å². The summed E-state index contributed by atoms with van der Waals surface area (Å²) in [6.07, 6.45) is 19.0. The average Bonchev–Trinajstić information content (AvgIpc) is 2.69. The van der Waals surface area contributed by atoms with E-state index in [9.17, 15) is 4.39 Å². The maximum absolute atomic E-state index is 13.1. The van der Waals surface area contributed by atoms with E-state index in [2.05, 4.69) is 12.2 Å². The molecule has 2 saturated carbocycles. The third kappa shape index (κ3) is 5.54. The highest BCUT2D eigenvalue weighted by molar-refractivity contribution is 5.21. The Morgan fingerprint density at radius 1 is 0.885 bits per heavy atom. The summed E-state index contributed by atoms with van der Waals surface area (Å²) in [6.45, 7) is 2.77. The Bertz CT molecular complexity index is 573. The van der Waals surface area contributed by atoms with Gasteiger partial charge in [0, 0.05) is 0 Å². The molecule has 1 nitrogen and oxygen atoms in total. The number of hydrogen-bond donors (Lipinski definition) is 0. The third-order valence-electron chi connectivity index (χ3n) is 6.37. The highest BCUT2D eigenvalue weighted by Gasteiger charge is 2.31. The molecule has 0 saturated heterocycles. The van der Waals surface area contributed by atoms with Crippen LogP contribution in [0.5, 0.6) is 0 Å². The van der Waals surface area contributed by atoms with Crippen molar-refractivity contribution in [1.82, 2.24) is 0 Å². The van der Waals surface area contributed by atoms with Crippen LogP contribution < -0.4 is 0 Å². The lowest BCUT2D eigenvalue weighted by Crippen LogP contribution is -2.28. The van der Waals surface area contributed by atoms with Gasteiger partial charge in [-0.05, 0) is 93.7 Å². The van der Waals surface area contributed by atoms with Gasteiger partial charge >= 0.3 is 0 Å². The van der Waals surface area contributed by atoms with Crippen molar-refractivity contribution in [2.45, 2.75) is 70.3 Å². The molecule has 142 valence electrons. The van der Waals surface area contributed by atoms with Crippen LogP contribution in [0.3, 0.4) is 0 Å². The van der Waals surface area contributed by atoms with E-state index in [-0.39, 0.29) is 5.82 Å². The maximum Gasteiger partial charge on any atom is 0.123 e. The zero-order valence-corrected chi connectivity index (χ0v) is 16.1. The summed E-state index contributed by atoms with van der Waals surface area (Å²) in [5.74, 6) is 2.29. The minimum atomic E-state index is -0.126. The van der Waals surface area contributed by atoms with Crippen LogP contribution >= 0.6 is 0 Å². The monoisotopic (exact) mass is 356 g/mol. The van der Waals surface area contributed by atoms with Gasteiger partial charge in [-0.25, -0.2) is 4.39 Å². The summed E-state index contributed by atoms with van der Waals surface area (Å²) in [5.41, 5.74) is 1.33. The van der Waals surface area contributed by atoms with E-state index in [0.717, 1.165) is 18.4 Å². The lowest BCUT2D eigenvalue weighted by molar-refractivity contribution is 0.0223. The van der Waals surface area contributed by atoms with Crippen LogP contribution in [-0.4, -0.2) is 12.7 Å². The predicted octanol–water partition coefficient (Wildman–Crippen LogP) is 6.81. The Labute approximate surface area is 158 Å². The molecule has 1 aromatic carbocycles. The molecule has 0 aromatic heterocycles. The number of ether oxygens (including phenoxy) is 1. The number of hydrogen-bond acceptors (Lipinski definition) is 1. The molecule has 2 fully saturated rings. The first-order valence-electron chi connectivity index (χ1n) is 10.4. The zero-order valence-electron chi connectivity index (χ0n) is 16.1. The Morgan fingerprint density at radius 3 is 2.12 bits per heavy atom. The smallest absolute Gasteiger partial charge is 0.123 e. The molecule has 26 heavy (non-hydrogen) atoms. The lowest BCUT2D eigenvalue weighted by atomic mass is 9.69. The Kier molecular flexibility index (Phi) is 7.49. The van der Waals surface area contributed by atoms with Crippen molar-refractivity contribution >= 4 is 0 Å². The van der Waals surface area contributed by atoms with E-state index in [1.807, 2.05) is 31.2 Å². The van der Waals surface area contributed by atoms with Crippen LogP contribution in [0, 0.1) is 17.7 Å². The normalized spacial score (nSPS) is 30.2. The fourth-order valence-electron chi connectivity index (χ4n) is 4.82. The number of halogens is 1. The fraction of sp³-hybridized carbons (Fsp3) is 0.583. The molecule has 2 aliphatic rings. The number of rotatable bonds is 6. The molecule has 0 N–H and O–H groups in total. The highest BCUT2D eigenvalue weighted by atomic mass is 19.1. The SMILES string of the molecule is CC=CC=CCOC1CCC(C2CCC(c3ccc(F)cc3)CC2)CC1. The maximum atomic E-state index is 13.1. The molecule has 0 heterocycles. The van der Waals surface area contributed by atoms with Gasteiger partial charge in [-0.3, -0.25) is 0 Å². The second-order valence-corrected chi connectivity index (χ2v) is 7.99. The summed E-state index contributed by atoms with van der Waals surface area (Å²) in [6, 6.07) is 7.17. The number of benzene rings is 1. The standard InChI is InChI=1S/C24H33FO/c1-2-3-4-5-18-26-24-16-12-22(13-17-24)20-8-6-19(7-9-20)21-10-14-23(25)15-11-21/h2-5,10-11,14-15,19-20,22,24H,6-9,12-13,16-18H2,1H3. The molecule has 2 aliphatic carbocycles. The van der Waals surface area contributed by atoms with Crippen molar-refractivity contribution in [1.29, 1.82) is 0 Å². The van der Waals surface area contributed by atoms with E-state index in [1.54, 1.807) is 12.1 Å². The van der Waals surface area contributed by atoms with Crippen molar-refractivity contribution in [2.24, 2.45) is 11.8 Å². The molecule has 0 radical (unpaired) electrons. The van der Waals surface area contributed by atoms with Crippen molar-refractivity contribution in [3.8, 4) is 0 Å². The Hall–Kier alpha value is -1.41. The van der Waals surface area contributed by atoms with E-state index in [0.29, 0.717) is 12.0 Å². The van der Waals surface area contributed by atoms with Crippen molar-refractivity contribution in [3.63, 3.8) is 0 Å². The highest BCUT2D eigenvalue weighted by Crippen LogP contribution is 2.43. The Morgan fingerprint density at radius 2 is 1.50 bits per heavy atom. The van der Waals surface area contributed by atoms with Gasteiger partial charge in [-0.15, -0.1) is 0 Å². The molecule has 0 atom stereocenters. The summed E-state index contributed by atoms with van der Waals surface area (Å²) in [5, 5.41) is 0. The predicted molar refractivity (Wildman–Crippen MR) is 107 cm³/mol. The lowest BCUT2D eigenvalue weighted by Gasteiger charge is -2.37. The summed E-state index contributed by atoms with van der Waals surface area (Å²) >= 11 is 0. The van der Waals surface area contributed by atoms with Gasteiger partial charge in [0.1, 0.15) is 5.82 Å². The molecule has 2 heteroatoms. The molecule has 0 aliphatic heterocycles. The Balaban J connectivity index is 1.37. The molecule has 0 amide bonds. The molecular weight excluding hydrogens is 323 g/mol. The van der Waals surface area contributed by atoms with Gasteiger partial charge in [-0.1, -0.05) is 36.4 Å². The van der Waals surface area contributed by atoms with E-state index in [1.165, 1.54) is 56.9 Å². The van der Waals surface area contributed by atoms with Crippen LogP contribution in [0.15, 0.2) is 48.6 Å². The largest absolute Gasteiger partial charge is 0.374 e. The molecule has 3 rings (SSSR count). The summed E-state index contributed by atoms with van der Waals surface area (Å²) < 4.78 is 19.1. The van der Waals surface area contributed by atoms with Gasteiger partial charge in [-0.2, -0.15) is 0 Å². The second-order valence-electron chi connectivity index (χ2n) is 7.99. The fourth-order valence-corrected chi connectivity index (χ4v) is 4.82. The molecule has 0 bridgehead atoms. The van der Waals surface area contributed by atoms with Crippen molar-refractivity contribution in [2.75, 3.05) is 6.61 Å². The molecule has 1 aromatic rings. The van der Waals surface area contributed by atoms with Crippen LogP contribution in [0.1, 0.15) is 69.8 Å². The van der Waals surface area contributed by atoms with E-state index < -0.39 is 0 Å². The first-order valence-corrected chi connectivity index (χ1v) is 10.4. The van der Waals surface area contributed by atoms with Crippen LogP contribution in [0.2, 0.25) is 0 Å². The summed E-state index contributed by atoms with van der Waals surface area (Å²) in [4.78, 5) is 0. The molecule has 0 spiro atoms. The van der Waals surface area contributed by atoms with Gasteiger partial charge in [0.25, 0.3) is 0 Å². The third-order valence-corrected chi connectivity index (χ3v) is 6.37. The van der Waals surface area contributed by atoms with Crippen LogP contribution in [0.25, 0.3) is 0 Å². The van der Waals surface area contributed by atoms with Crippen molar-refractivity contribution < 1.29 is 9.13 Å². The van der Waals surface area contributed by atoms with Gasteiger partial charge in [0.2, 0.25) is 0 Å². The zero-order chi connectivity index (χ0) is 18.2. The first-order chi connectivity index (χ1) is 12.8. The van der Waals surface area contributed by atoms with Crippen LogP contribution in [0.4, 0.5) is 4.39 Å². The van der Waals surface area contributed by atoms with Crippen LogP contribution in [-0.2, 0) is 4.74 Å². The average molecular weight is 357 g/mol. The van der Waals surface area contributed by atoms with Crippen molar-refractivity contribution in [3.05, 3.63) is 60.0 Å². The molecular formula is C24H33FO. The van der Waals surface area contributed by atoms with E-state index in [4.69, 9.17) is 4.74 Å². The van der Waals surface area contributed by atoms with E-state index >= 15 is 0 Å².